The highest BCUT2D eigenvalue weighted by Gasteiger charge is 2.18. The molecule has 2 aromatic rings. The van der Waals surface area contributed by atoms with Gasteiger partial charge in [0.1, 0.15) is 5.01 Å². The first-order valence-electron chi connectivity index (χ1n) is 9.18. The number of thiazole rings is 1. The monoisotopic (exact) mass is 405 g/mol. The molecule has 1 aromatic carbocycles. The van der Waals surface area contributed by atoms with Gasteiger partial charge in [0.15, 0.2) is 5.69 Å². The molecule has 152 valence electrons. The molecule has 2 amide bonds. The average Bonchev–Trinajstić information content (AvgIpc) is 3.13. The Kier molecular flexibility index (Phi) is 8.41. The van der Waals surface area contributed by atoms with Crippen LogP contribution in [0.15, 0.2) is 23.6 Å². The first-order chi connectivity index (χ1) is 13.4. The molecule has 0 spiro atoms. The van der Waals surface area contributed by atoms with Crippen LogP contribution in [0.3, 0.4) is 0 Å². The van der Waals surface area contributed by atoms with Gasteiger partial charge in [-0.25, -0.2) is 14.6 Å². The van der Waals surface area contributed by atoms with Crippen LogP contribution in [0.5, 0.6) is 0 Å². The van der Waals surface area contributed by atoms with Crippen LogP contribution in [0.4, 0.5) is 10.5 Å². The molecule has 0 aliphatic heterocycles. The number of urea groups is 1. The number of hydrogen-bond acceptors (Lipinski definition) is 6. The number of aryl methyl sites for hydroxylation is 2. The number of benzene rings is 1. The number of hydrogen-bond donors (Lipinski definition) is 1. The van der Waals surface area contributed by atoms with Gasteiger partial charge in [-0.2, -0.15) is 0 Å². The Labute approximate surface area is 169 Å². The minimum absolute atomic E-state index is 0.216. The Morgan fingerprint density at radius 3 is 2.71 bits per heavy atom. The number of carbonyl (C=O) groups excluding carboxylic acids is 2. The maximum absolute atomic E-state index is 12.8. The van der Waals surface area contributed by atoms with Gasteiger partial charge in [0.2, 0.25) is 0 Å². The van der Waals surface area contributed by atoms with Crippen LogP contribution in [0.2, 0.25) is 0 Å². The zero-order chi connectivity index (χ0) is 20.5. The minimum atomic E-state index is -0.449. The lowest BCUT2D eigenvalue weighted by Crippen LogP contribution is -2.35. The molecule has 0 radical (unpaired) electrons. The molecular formula is C20H27N3O4S. The van der Waals surface area contributed by atoms with Gasteiger partial charge in [-0.1, -0.05) is 6.07 Å². The number of carbonyl (C=O) groups is 2. The van der Waals surface area contributed by atoms with Crippen LogP contribution in [-0.4, -0.2) is 48.8 Å². The molecule has 0 bridgehead atoms. The minimum Gasteiger partial charge on any atom is -0.461 e. The molecule has 2 rings (SSSR count). The summed E-state index contributed by atoms with van der Waals surface area (Å²) in [5.74, 6) is -0.449. The zero-order valence-electron chi connectivity index (χ0n) is 16.8. The summed E-state index contributed by atoms with van der Waals surface area (Å²) in [5, 5.41) is 5.27. The van der Waals surface area contributed by atoms with E-state index in [0.29, 0.717) is 37.7 Å². The number of ether oxygens (including phenoxy) is 2. The fourth-order valence-electron chi connectivity index (χ4n) is 2.52. The largest absolute Gasteiger partial charge is 0.461 e. The third-order valence-electron chi connectivity index (χ3n) is 4.18. The number of methoxy groups -OCH3 is 1. The van der Waals surface area contributed by atoms with Gasteiger partial charge >= 0.3 is 12.0 Å². The van der Waals surface area contributed by atoms with Crippen molar-refractivity contribution in [1.29, 1.82) is 0 Å². The van der Waals surface area contributed by atoms with Crippen LogP contribution < -0.4 is 5.32 Å². The number of anilines is 1. The average molecular weight is 406 g/mol. The van der Waals surface area contributed by atoms with E-state index in [1.54, 1.807) is 24.3 Å². The van der Waals surface area contributed by atoms with E-state index in [1.165, 1.54) is 16.9 Å². The Bertz CT molecular complexity index is 806. The van der Waals surface area contributed by atoms with Gasteiger partial charge in [0.25, 0.3) is 0 Å². The zero-order valence-corrected chi connectivity index (χ0v) is 17.6. The van der Waals surface area contributed by atoms with Crippen LogP contribution in [0, 0.1) is 13.8 Å². The van der Waals surface area contributed by atoms with Gasteiger partial charge in [-0.3, -0.25) is 0 Å². The normalized spacial score (nSPS) is 10.6. The van der Waals surface area contributed by atoms with Crippen molar-refractivity contribution in [2.45, 2.75) is 33.7 Å². The second kappa shape index (κ2) is 10.8. The number of nitrogens with one attached hydrogen (secondary N) is 1. The predicted octanol–water partition coefficient (Wildman–Crippen LogP) is 4.01. The first kappa shape index (κ1) is 21.8. The molecule has 0 aliphatic rings. The maximum Gasteiger partial charge on any atom is 0.357 e. The lowest BCUT2D eigenvalue weighted by atomic mass is 10.1. The highest BCUT2D eigenvalue weighted by atomic mass is 32.1. The molecule has 1 aromatic heterocycles. The maximum atomic E-state index is 12.8. The van der Waals surface area contributed by atoms with Crippen molar-refractivity contribution in [2.75, 3.05) is 32.2 Å². The fourth-order valence-corrected chi connectivity index (χ4v) is 3.30. The van der Waals surface area contributed by atoms with Gasteiger partial charge in [-0.05, 0) is 50.5 Å². The van der Waals surface area contributed by atoms with E-state index in [1.807, 2.05) is 32.0 Å². The van der Waals surface area contributed by atoms with E-state index >= 15 is 0 Å². The molecule has 1 N–H and O–H groups in total. The molecule has 0 unspecified atom stereocenters. The van der Waals surface area contributed by atoms with Crippen molar-refractivity contribution in [3.8, 4) is 0 Å². The molecular weight excluding hydrogens is 378 g/mol. The van der Waals surface area contributed by atoms with Crippen molar-refractivity contribution in [3.63, 3.8) is 0 Å². The molecule has 0 fully saturated rings. The van der Waals surface area contributed by atoms with E-state index in [2.05, 4.69) is 10.3 Å². The molecule has 0 saturated carbocycles. The fraction of sp³-hybridized carbons (Fsp3) is 0.450. The second-order valence-electron chi connectivity index (χ2n) is 6.34. The predicted molar refractivity (Wildman–Crippen MR) is 110 cm³/mol. The third kappa shape index (κ3) is 6.31. The van der Waals surface area contributed by atoms with Crippen LogP contribution in [0.25, 0.3) is 0 Å². The van der Waals surface area contributed by atoms with Gasteiger partial charge in [0, 0.05) is 31.3 Å². The molecule has 0 atom stereocenters. The van der Waals surface area contributed by atoms with Gasteiger partial charge in [0.05, 0.1) is 13.2 Å². The van der Waals surface area contributed by atoms with E-state index in [0.717, 1.165) is 11.3 Å². The van der Waals surface area contributed by atoms with Crippen molar-refractivity contribution < 1.29 is 19.1 Å². The molecule has 1 heterocycles. The molecule has 8 heteroatoms. The summed E-state index contributed by atoms with van der Waals surface area (Å²) < 4.78 is 10.1. The lowest BCUT2D eigenvalue weighted by Gasteiger charge is -2.22. The number of esters is 1. The molecule has 7 nitrogen and oxygen atoms in total. The second-order valence-corrected chi connectivity index (χ2v) is 7.29. The number of aromatic nitrogens is 1. The van der Waals surface area contributed by atoms with E-state index in [-0.39, 0.29) is 11.7 Å². The topological polar surface area (TPSA) is 80.8 Å². The highest BCUT2D eigenvalue weighted by Crippen LogP contribution is 2.17. The Morgan fingerprint density at radius 1 is 1.25 bits per heavy atom. The Balaban J connectivity index is 2.08. The van der Waals surface area contributed by atoms with Gasteiger partial charge < -0.3 is 19.7 Å². The van der Waals surface area contributed by atoms with Crippen LogP contribution >= 0.6 is 11.3 Å². The number of rotatable bonds is 9. The summed E-state index contributed by atoms with van der Waals surface area (Å²) in [7, 11) is 1.63. The summed E-state index contributed by atoms with van der Waals surface area (Å²) in [6.45, 7) is 7.46. The summed E-state index contributed by atoms with van der Waals surface area (Å²) in [4.78, 5) is 30.6. The lowest BCUT2D eigenvalue weighted by molar-refractivity contribution is 0.0520. The van der Waals surface area contributed by atoms with Crippen molar-refractivity contribution >= 4 is 29.0 Å². The summed E-state index contributed by atoms with van der Waals surface area (Å²) in [6, 6.07) is 5.60. The Hall–Kier alpha value is -2.45. The number of amides is 2. The van der Waals surface area contributed by atoms with Crippen LogP contribution in [-0.2, 0) is 16.0 Å². The third-order valence-corrected chi connectivity index (χ3v) is 5.02. The first-order valence-corrected chi connectivity index (χ1v) is 10.1. The standard InChI is InChI=1S/C20H27N3O4S/c1-5-27-19(24)17-13-28-18(22-17)12-23(9-6-10-26-4)20(25)21-16-8-7-14(2)15(3)11-16/h7-8,11,13H,5-6,9-10,12H2,1-4H3,(H,21,25). The van der Waals surface area contributed by atoms with Crippen molar-refractivity contribution in [3.05, 3.63) is 45.4 Å². The SMILES string of the molecule is CCOC(=O)c1csc(CN(CCCOC)C(=O)Nc2ccc(C)c(C)c2)n1. The molecule has 0 aliphatic carbocycles. The smallest absolute Gasteiger partial charge is 0.357 e. The van der Waals surface area contributed by atoms with E-state index < -0.39 is 5.97 Å². The van der Waals surface area contributed by atoms with E-state index in [9.17, 15) is 9.59 Å². The number of nitrogens with zero attached hydrogens (tertiary/aromatic N) is 2. The van der Waals surface area contributed by atoms with Crippen molar-refractivity contribution in [2.24, 2.45) is 0 Å². The molecule has 28 heavy (non-hydrogen) atoms. The van der Waals surface area contributed by atoms with Gasteiger partial charge in [-0.15, -0.1) is 11.3 Å². The van der Waals surface area contributed by atoms with E-state index in [4.69, 9.17) is 9.47 Å². The Morgan fingerprint density at radius 2 is 2.04 bits per heavy atom. The summed E-state index contributed by atoms with van der Waals surface area (Å²) in [6.07, 6.45) is 0.701. The quantitative estimate of drug-likeness (QED) is 0.504. The summed E-state index contributed by atoms with van der Waals surface area (Å²) >= 11 is 1.33. The van der Waals surface area contributed by atoms with Crippen molar-refractivity contribution in [1.82, 2.24) is 9.88 Å². The highest BCUT2D eigenvalue weighted by molar-refractivity contribution is 7.09. The molecule has 0 saturated heterocycles. The van der Waals surface area contributed by atoms with Crippen LogP contribution in [0.1, 0.15) is 40.0 Å². The summed E-state index contributed by atoms with van der Waals surface area (Å²) in [5.41, 5.74) is 3.30.